The van der Waals surface area contributed by atoms with E-state index in [2.05, 4.69) is 0 Å². The fourth-order valence-corrected chi connectivity index (χ4v) is 1.57. The second kappa shape index (κ2) is 5.96. The first-order valence-electron chi connectivity index (χ1n) is 5.09. The molecular formula is C12H21NO3. The van der Waals surface area contributed by atoms with Crippen LogP contribution in [0.25, 0.3) is 0 Å². The lowest BCUT2D eigenvalue weighted by Gasteiger charge is -2.34. The molecule has 4 heteroatoms. The minimum absolute atomic E-state index is 0. The standard InChI is InChI=1S/C12H18O3.H3N/c1-9(13)12(15,10(2)14)8-11-6-4-3-5-7-11;/h3-7,9-10,13-15H,8H2,1-2H3;1H3. The van der Waals surface area contributed by atoms with E-state index in [0.717, 1.165) is 5.56 Å². The molecule has 0 radical (unpaired) electrons. The highest BCUT2D eigenvalue weighted by atomic mass is 16.4. The third-order valence-electron chi connectivity index (χ3n) is 2.78. The number of hydrogen-bond donors (Lipinski definition) is 4. The molecule has 2 unspecified atom stereocenters. The van der Waals surface area contributed by atoms with Gasteiger partial charge in [0.2, 0.25) is 0 Å². The van der Waals surface area contributed by atoms with Crippen molar-refractivity contribution in [2.24, 2.45) is 0 Å². The van der Waals surface area contributed by atoms with Crippen LogP contribution < -0.4 is 6.15 Å². The molecule has 1 aromatic carbocycles. The minimum atomic E-state index is -1.48. The highest BCUT2D eigenvalue weighted by Crippen LogP contribution is 2.21. The highest BCUT2D eigenvalue weighted by Gasteiger charge is 2.37. The van der Waals surface area contributed by atoms with E-state index in [1.54, 1.807) is 0 Å². The molecule has 0 amide bonds. The molecule has 0 saturated heterocycles. The van der Waals surface area contributed by atoms with Crippen LogP contribution in [0, 0.1) is 0 Å². The molecule has 0 spiro atoms. The predicted octanol–water partition coefficient (Wildman–Crippen LogP) is 0.884. The lowest BCUT2D eigenvalue weighted by atomic mass is 9.85. The Morgan fingerprint density at radius 2 is 1.50 bits per heavy atom. The summed E-state index contributed by atoms with van der Waals surface area (Å²) in [5, 5.41) is 29.1. The maximum atomic E-state index is 10.1. The Morgan fingerprint density at radius 1 is 1.06 bits per heavy atom. The molecule has 6 N–H and O–H groups in total. The molecule has 0 bridgehead atoms. The summed E-state index contributed by atoms with van der Waals surface area (Å²) in [7, 11) is 0. The molecule has 2 atom stereocenters. The van der Waals surface area contributed by atoms with Crippen LogP contribution in [0.2, 0.25) is 0 Å². The van der Waals surface area contributed by atoms with Gasteiger partial charge in [-0.2, -0.15) is 0 Å². The van der Waals surface area contributed by atoms with Gasteiger partial charge in [0.05, 0.1) is 12.2 Å². The van der Waals surface area contributed by atoms with E-state index >= 15 is 0 Å². The van der Waals surface area contributed by atoms with E-state index < -0.39 is 17.8 Å². The maximum Gasteiger partial charge on any atom is 0.120 e. The van der Waals surface area contributed by atoms with Crippen molar-refractivity contribution in [3.8, 4) is 0 Å². The van der Waals surface area contributed by atoms with Crippen LogP contribution in [-0.2, 0) is 6.42 Å². The lowest BCUT2D eigenvalue weighted by Crippen LogP contribution is -2.51. The van der Waals surface area contributed by atoms with Crippen LogP contribution in [0.1, 0.15) is 19.4 Å². The SMILES string of the molecule is CC(O)C(O)(Cc1ccccc1)C(C)O.N. The Kier molecular flexibility index (Phi) is 5.61. The molecule has 16 heavy (non-hydrogen) atoms. The zero-order valence-electron chi connectivity index (χ0n) is 9.80. The van der Waals surface area contributed by atoms with Gasteiger partial charge < -0.3 is 21.5 Å². The fourth-order valence-electron chi connectivity index (χ4n) is 1.57. The Labute approximate surface area is 96.1 Å². The normalized spacial score (nSPS) is 18.1. The summed E-state index contributed by atoms with van der Waals surface area (Å²) in [6.07, 6.45) is -1.71. The van der Waals surface area contributed by atoms with E-state index in [0.29, 0.717) is 0 Å². The van der Waals surface area contributed by atoms with Crippen molar-refractivity contribution in [2.75, 3.05) is 0 Å². The molecule has 0 aliphatic rings. The van der Waals surface area contributed by atoms with E-state index in [4.69, 9.17) is 0 Å². The van der Waals surface area contributed by atoms with Gasteiger partial charge >= 0.3 is 0 Å². The highest BCUT2D eigenvalue weighted by molar-refractivity contribution is 5.18. The molecule has 1 rings (SSSR count). The van der Waals surface area contributed by atoms with Crippen LogP contribution in [-0.4, -0.2) is 33.1 Å². The Morgan fingerprint density at radius 3 is 1.88 bits per heavy atom. The summed E-state index contributed by atoms with van der Waals surface area (Å²) in [5.41, 5.74) is -0.594. The first-order chi connectivity index (χ1) is 6.97. The van der Waals surface area contributed by atoms with Gasteiger partial charge in [-0.05, 0) is 19.4 Å². The van der Waals surface area contributed by atoms with Crippen LogP contribution >= 0.6 is 0 Å². The molecule has 0 aromatic heterocycles. The van der Waals surface area contributed by atoms with Crippen molar-refractivity contribution in [3.63, 3.8) is 0 Å². The third kappa shape index (κ3) is 3.28. The first kappa shape index (κ1) is 15.1. The molecule has 4 nitrogen and oxygen atoms in total. The molecule has 0 aliphatic carbocycles. The van der Waals surface area contributed by atoms with Gasteiger partial charge in [0.1, 0.15) is 5.60 Å². The van der Waals surface area contributed by atoms with E-state index in [-0.39, 0.29) is 12.6 Å². The average molecular weight is 227 g/mol. The minimum Gasteiger partial charge on any atom is -0.390 e. The molecule has 0 heterocycles. The van der Waals surface area contributed by atoms with Crippen molar-refractivity contribution in [2.45, 2.75) is 38.1 Å². The van der Waals surface area contributed by atoms with Crippen LogP contribution in [0.15, 0.2) is 30.3 Å². The summed E-state index contributed by atoms with van der Waals surface area (Å²) in [6.45, 7) is 2.96. The van der Waals surface area contributed by atoms with Crippen LogP contribution in [0.3, 0.4) is 0 Å². The van der Waals surface area contributed by atoms with Gasteiger partial charge in [-0.1, -0.05) is 30.3 Å². The third-order valence-corrected chi connectivity index (χ3v) is 2.78. The van der Waals surface area contributed by atoms with Crippen molar-refractivity contribution in [3.05, 3.63) is 35.9 Å². The Balaban J connectivity index is 0.00000225. The predicted molar refractivity (Wildman–Crippen MR) is 63.5 cm³/mol. The van der Waals surface area contributed by atoms with Gasteiger partial charge in [0.25, 0.3) is 0 Å². The summed E-state index contributed by atoms with van der Waals surface area (Å²) in [6, 6.07) is 9.32. The number of benzene rings is 1. The molecule has 92 valence electrons. The van der Waals surface area contributed by atoms with E-state index in [9.17, 15) is 15.3 Å². The van der Waals surface area contributed by atoms with E-state index in [1.807, 2.05) is 30.3 Å². The molecular weight excluding hydrogens is 206 g/mol. The van der Waals surface area contributed by atoms with Crippen LogP contribution in [0.4, 0.5) is 0 Å². The monoisotopic (exact) mass is 227 g/mol. The van der Waals surface area contributed by atoms with Gasteiger partial charge in [-0.25, -0.2) is 0 Å². The quantitative estimate of drug-likeness (QED) is 0.614. The zero-order valence-corrected chi connectivity index (χ0v) is 9.80. The first-order valence-corrected chi connectivity index (χ1v) is 5.09. The largest absolute Gasteiger partial charge is 0.390 e. The average Bonchev–Trinajstić information content (AvgIpc) is 2.18. The summed E-state index contributed by atoms with van der Waals surface area (Å²) < 4.78 is 0. The number of aliphatic hydroxyl groups is 3. The van der Waals surface area contributed by atoms with E-state index in [1.165, 1.54) is 13.8 Å². The number of aliphatic hydroxyl groups excluding tert-OH is 2. The summed E-state index contributed by atoms with van der Waals surface area (Å²) in [4.78, 5) is 0. The van der Waals surface area contributed by atoms with Gasteiger partial charge in [0.15, 0.2) is 0 Å². The van der Waals surface area contributed by atoms with Gasteiger partial charge in [0, 0.05) is 6.42 Å². The van der Waals surface area contributed by atoms with Crippen molar-refractivity contribution in [1.29, 1.82) is 0 Å². The van der Waals surface area contributed by atoms with Crippen molar-refractivity contribution >= 4 is 0 Å². The summed E-state index contributed by atoms with van der Waals surface area (Å²) >= 11 is 0. The van der Waals surface area contributed by atoms with Gasteiger partial charge in [-0.15, -0.1) is 0 Å². The van der Waals surface area contributed by atoms with Crippen LogP contribution in [0.5, 0.6) is 0 Å². The number of hydrogen-bond acceptors (Lipinski definition) is 4. The molecule has 0 fully saturated rings. The smallest absolute Gasteiger partial charge is 0.120 e. The number of rotatable bonds is 4. The zero-order chi connectivity index (χ0) is 11.5. The molecule has 0 aliphatic heterocycles. The van der Waals surface area contributed by atoms with Crippen molar-refractivity contribution < 1.29 is 15.3 Å². The Bertz CT molecular complexity index is 290. The maximum absolute atomic E-state index is 10.1. The topological polar surface area (TPSA) is 95.7 Å². The second-order valence-electron chi connectivity index (χ2n) is 4.01. The molecule has 1 aromatic rings. The van der Waals surface area contributed by atoms with Crippen molar-refractivity contribution in [1.82, 2.24) is 6.15 Å². The summed E-state index contributed by atoms with van der Waals surface area (Å²) in [5.74, 6) is 0. The van der Waals surface area contributed by atoms with Gasteiger partial charge in [-0.3, -0.25) is 0 Å². The second-order valence-corrected chi connectivity index (χ2v) is 4.01. The lowest BCUT2D eigenvalue weighted by molar-refractivity contribution is -0.133. The fraction of sp³-hybridized carbons (Fsp3) is 0.500. The molecule has 0 saturated carbocycles. The Hall–Kier alpha value is -0.940.